The molecule has 0 aliphatic carbocycles. The average molecular weight is 159 g/mol. The summed E-state index contributed by atoms with van der Waals surface area (Å²) in [7, 11) is 0. The van der Waals surface area contributed by atoms with Crippen LogP contribution in [0.5, 0.6) is 0 Å². The zero-order valence-corrected chi connectivity index (χ0v) is 6.57. The zero-order valence-electron chi connectivity index (χ0n) is 6.57. The van der Waals surface area contributed by atoms with E-state index in [0.717, 1.165) is 16.7 Å². The van der Waals surface area contributed by atoms with E-state index in [-0.39, 0.29) is 0 Å². The van der Waals surface area contributed by atoms with Gasteiger partial charge < -0.3 is 5.73 Å². The lowest BCUT2D eigenvalue weighted by atomic mass is 10.2. The summed E-state index contributed by atoms with van der Waals surface area (Å²) in [4.78, 5) is 8.38. The van der Waals surface area contributed by atoms with Gasteiger partial charge in [0.05, 0.1) is 5.69 Å². The van der Waals surface area contributed by atoms with Gasteiger partial charge in [0.25, 0.3) is 0 Å². The average Bonchev–Trinajstić information content (AvgIpc) is 2.17. The summed E-state index contributed by atoms with van der Waals surface area (Å²) in [5.74, 6) is 0. The second-order valence-corrected chi connectivity index (χ2v) is 2.56. The molecule has 12 heavy (non-hydrogen) atoms. The Balaban J connectivity index is 2.67. The van der Waals surface area contributed by atoms with E-state index in [1.165, 1.54) is 0 Å². The maximum atomic E-state index is 5.45. The molecule has 0 bridgehead atoms. The van der Waals surface area contributed by atoms with E-state index in [0.29, 0.717) is 6.54 Å². The molecule has 0 aliphatic rings. The van der Waals surface area contributed by atoms with E-state index in [4.69, 9.17) is 5.73 Å². The first kappa shape index (κ1) is 7.18. The molecule has 2 rings (SSSR count). The van der Waals surface area contributed by atoms with Gasteiger partial charge in [-0.05, 0) is 24.3 Å². The molecule has 0 atom stereocenters. The number of nitrogens with two attached hydrogens (primary N) is 1. The molecule has 0 unspecified atom stereocenters. The summed E-state index contributed by atoms with van der Waals surface area (Å²) in [5, 5.41) is 1.05. The second-order valence-electron chi connectivity index (χ2n) is 2.56. The summed E-state index contributed by atoms with van der Waals surface area (Å²) in [6.07, 6.45) is 1.73. The Bertz CT molecular complexity index is 398. The fourth-order valence-electron chi connectivity index (χ4n) is 1.11. The van der Waals surface area contributed by atoms with Crippen molar-refractivity contribution in [3.8, 4) is 0 Å². The van der Waals surface area contributed by atoms with Gasteiger partial charge in [0, 0.05) is 18.1 Å². The molecule has 2 heterocycles. The first-order chi connectivity index (χ1) is 5.90. The number of aromatic nitrogens is 2. The predicted molar refractivity (Wildman–Crippen MR) is 47.4 cm³/mol. The normalized spacial score (nSPS) is 10.4. The predicted octanol–water partition coefficient (Wildman–Crippen LogP) is 1.09. The minimum atomic E-state index is 0.465. The van der Waals surface area contributed by atoms with Gasteiger partial charge in [-0.25, -0.2) is 9.97 Å². The molecule has 0 saturated carbocycles. The molecule has 2 N–H and O–H groups in total. The molecule has 0 aromatic carbocycles. The lowest BCUT2D eigenvalue weighted by molar-refractivity contribution is 0.999. The Hall–Kier alpha value is -1.48. The van der Waals surface area contributed by atoms with Gasteiger partial charge >= 0.3 is 0 Å². The molecule has 0 aliphatic heterocycles. The number of rotatable bonds is 1. The Labute approximate surface area is 70.3 Å². The zero-order chi connectivity index (χ0) is 8.39. The van der Waals surface area contributed by atoms with Gasteiger partial charge in [0.15, 0.2) is 5.65 Å². The van der Waals surface area contributed by atoms with Crippen molar-refractivity contribution in [3.63, 3.8) is 0 Å². The Morgan fingerprint density at radius 1 is 1.25 bits per heavy atom. The van der Waals surface area contributed by atoms with Crippen molar-refractivity contribution < 1.29 is 0 Å². The van der Waals surface area contributed by atoms with Crippen LogP contribution >= 0.6 is 0 Å². The maximum absolute atomic E-state index is 5.45. The third-order valence-corrected chi connectivity index (χ3v) is 1.73. The summed E-state index contributed by atoms with van der Waals surface area (Å²) in [6, 6.07) is 7.78. The highest BCUT2D eigenvalue weighted by molar-refractivity contribution is 5.74. The number of hydrogen-bond acceptors (Lipinski definition) is 3. The summed E-state index contributed by atoms with van der Waals surface area (Å²) >= 11 is 0. The standard InChI is InChI=1S/C9H9N3/c10-6-8-4-3-7-2-1-5-11-9(7)12-8/h1-5H,6,10H2. The minimum absolute atomic E-state index is 0.465. The summed E-state index contributed by atoms with van der Waals surface area (Å²) < 4.78 is 0. The SMILES string of the molecule is NCc1ccc2cccnc2n1. The Kier molecular flexibility index (Phi) is 1.72. The van der Waals surface area contributed by atoms with Crippen LogP contribution in [-0.4, -0.2) is 9.97 Å². The van der Waals surface area contributed by atoms with E-state index in [2.05, 4.69) is 9.97 Å². The van der Waals surface area contributed by atoms with E-state index in [9.17, 15) is 0 Å². The fraction of sp³-hybridized carbons (Fsp3) is 0.111. The fourth-order valence-corrected chi connectivity index (χ4v) is 1.11. The lowest BCUT2D eigenvalue weighted by Gasteiger charge is -1.97. The smallest absolute Gasteiger partial charge is 0.159 e. The third-order valence-electron chi connectivity index (χ3n) is 1.73. The van der Waals surface area contributed by atoms with Crippen molar-refractivity contribution in [3.05, 3.63) is 36.2 Å². The topological polar surface area (TPSA) is 51.8 Å². The molecule has 0 saturated heterocycles. The monoisotopic (exact) mass is 159 g/mol. The molecule has 0 spiro atoms. The Morgan fingerprint density at radius 2 is 2.17 bits per heavy atom. The quantitative estimate of drug-likeness (QED) is 0.677. The van der Waals surface area contributed by atoms with Crippen molar-refractivity contribution in [2.75, 3.05) is 0 Å². The van der Waals surface area contributed by atoms with Gasteiger partial charge in [0.2, 0.25) is 0 Å². The van der Waals surface area contributed by atoms with Crippen molar-refractivity contribution in [2.24, 2.45) is 5.73 Å². The molecular formula is C9H9N3. The highest BCUT2D eigenvalue weighted by Gasteiger charge is 1.95. The molecule has 2 aromatic rings. The van der Waals surface area contributed by atoms with Crippen molar-refractivity contribution in [2.45, 2.75) is 6.54 Å². The number of pyridine rings is 2. The van der Waals surface area contributed by atoms with Gasteiger partial charge in [-0.2, -0.15) is 0 Å². The second kappa shape index (κ2) is 2.87. The minimum Gasteiger partial charge on any atom is -0.325 e. The summed E-state index contributed by atoms with van der Waals surface area (Å²) in [6.45, 7) is 0.465. The largest absolute Gasteiger partial charge is 0.325 e. The molecule has 3 heteroatoms. The van der Waals surface area contributed by atoms with Crippen LogP contribution in [0.15, 0.2) is 30.5 Å². The lowest BCUT2D eigenvalue weighted by Crippen LogP contribution is -1.99. The van der Waals surface area contributed by atoms with Crippen molar-refractivity contribution >= 4 is 11.0 Å². The van der Waals surface area contributed by atoms with Crippen molar-refractivity contribution in [1.82, 2.24) is 9.97 Å². The molecule has 0 amide bonds. The van der Waals surface area contributed by atoms with Crippen molar-refractivity contribution in [1.29, 1.82) is 0 Å². The van der Waals surface area contributed by atoms with Crippen LogP contribution in [0.4, 0.5) is 0 Å². The first-order valence-electron chi connectivity index (χ1n) is 3.81. The third kappa shape index (κ3) is 1.14. The van der Waals surface area contributed by atoms with E-state index >= 15 is 0 Å². The Morgan fingerprint density at radius 3 is 3.00 bits per heavy atom. The highest BCUT2D eigenvalue weighted by atomic mass is 14.9. The van der Waals surface area contributed by atoms with Gasteiger partial charge in [-0.15, -0.1) is 0 Å². The van der Waals surface area contributed by atoms with Crippen LogP contribution in [0.3, 0.4) is 0 Å². The molecule has 2 aromatic heterocycles. The van der Waals surface area contributed by atoms with Gasteiger partial charge in [0.1, 0.15) is 0 Å². The number of nitrogens with zero attached hydrogens (tertiary/aromatic N) is 2. The maximum Gasteiger partial charge on any atom is 0.159 e. The van der Waals surface area contributed by atoms with Crippen LogP contribution in [0.1, 0.15) is 5.69 Å². The van der Waals surface area contributed by atoms with E-state index in [1.54, 1.807) is 6.20 Å². The number of hydrogen-bond donors (Lipinski definition) is 1. The van der Waals surface area contributed by atoms with Gasteiger partial charge in [-0.3, -0.25) is 0 Å². The number of fused-ring (bicyclic) bond motifs is 1. The molecule has 0 radical (unpaired) electrons. The molecule has 60 valence electrons. The van der Waals surface area contributed by atoms with Crippen LogP contribution in [0, 0.1) is 0 Å². The van der Waals surface area contributed by atoms with E-state index < -0.39 is 0 Å². The van der Waals surface area contributed by atoms with E-state index in [1.807, 2.05) is 24.3 Å². The first-order valence-corrected chi connectivity index (χ1v) is 3.81. The van der Waals surface area contributed by atoms with Crippen LogP contribution in [-0.2, 0) is 6.54 Å². The molecule has 0 fully saturated rings. The highest BCUT2D eigenvalue weighted by Crippen LogP contribution is 2.08. The van der Waals surface area contributed by atoms with Crippen LogP contribution < -0.4 is 5.73 Å². The van der Waals surface area contributed by atoms with Crippen LogP contribution in [0.2, 0.25) is 0 Å². The molecular weight excluding hydrogens is 150 g/mol. The molecule has 3 nitrogen and oxygen atoms in total. The summed E-state index contributed by atoms with van der Waals surface area (Å²) in [5.41, 5.74) is 7.09. The van der Waals surface area contributed by atoms with Crippen LogP contribution in [0.25, 0.3) is 11.0 Å². The van der Waals surface area contributed by atoms with Gasteiger partial charge in [-0.1, -0.05) is 0 Å².